The summed E-state index contributed by atoms with van der Waals surface area (Å²) in [4.78, 5) is 21.7. The van der Waals surface area contributed by atoms with Crippen LogP contribution < -0.4 is 4.72 Å². The lowest BCUT2D eigenvalue weighted by molar-refractivity contribution is -0.0764. The molecule has 2 spiro atoms. The number of likely N-dealkylation sites (tertiary alicyclic amines) is 2. The van der Waals surface area contributed by atoms with Gasteiger partial charge in [0, 0.05) is 67.7 Å². The van der Waals surface area contributed by atoms with Gasteiger partial charge in [-0.15, -0.1) is 0 Å². The second kappa shape index (κ2) is 8.59. The van der Waals surface area contributed by atoms with E-state index in [1.54, 1.807) is 0 Å². The molecule has 0 atom stereocenters. The van der Waals surface area contributed by atoms with Gasteiger partial charge in [0.1, 0.15) is 5.82 Å². The van der Waals surface area contributed by atoms with Crippen molar-refractivity contribution in [1.29, 1.82) is 0 Å². The number of rotatable bonds is 5. The van der Waals surface area contributed by atoms with E-state index in [9.17, 15) is 22.0 Å². The van der Waals surface area contributed by atoms with Gasteiger partial charge in [-0.25, -0.2) is 31.7 Å². The molecule has 1 aromatic rings. The maximum Gasteiger partial charge on any atom is 0.320 e. The van der Waals surface area contributed by atoms with Crippen molar-refractivity contribution in [3.63, 3.8) is 0 Å². The van der Waals surface area contributed by atoms with Gasteiger partial charge in [0.05, 0.1) is 5.25 Å². The van der Waals surface area contributed by atoms with Crippen molar-refractivity contribution in [1.82, 2.24) is 29.7 Å². The maximum absolute atomic E-state index is 13.4. The number of aromatic amines is 1. The Morgan fingerprint density at radius 1 is 0.868 bits per heavy atom. The van der Waals surface area contributed by atoms with Gasteiger partial charge in [-0.2, -0.15) is 5.10 Å². The lowest BCUT2D eigenvalue weighted by atomic mass is 9.57. The minimum atomic E-state index is -3.58. The fourth-order valence-corrected chi connectivity index (χ4v) is 9.50. The highest BCUT2D eigenvalue weighted by atomic mass is 32.2. The standard InChI is InChI=1S/C26H38F2N6O3S/c27-26(28)9-5-20(6-10-26)38(36,37)32-19-3-7-24(8-4-19)13-33(14-24)23(35)34-15-25(16-34)11-18(12-25)22-29-21(30-31-22)17-1-2-17/h17-20,32H,1-16H2,(H,29,30,31). The Hall–Kier alpha value is -1.82. The van der Waals surface area contributed by atoms with Crippen molar-refractivity contribution >= 4 is 16.1 Å². The molecule has 1 aromatic heterocycles. The molecule has 6 fully saturated rings. The van der Waals surface area contributed by atoms with Crippen LogP contribution in [0, 0.1) is 10.8 Å². The highest BCUT2D eigenvalue weighted by molar-refractivity contribution is 7.90. The van der Waals surface area contributed by atoms with Gasteiger partial charge in [-0.3, -0.25) is 5.10 Å². The van der Waals surface area contributed by atoms with Crippen LogP contribution in [-0.4, -0.2) is 82.8 Å². The van der Waals surface area contributed by atoms with Crippen molar-refractivity contribution in [3.05, 3.63) is 11.6 Å². The number of H-pyrrole nitrogens is 1. The number of carbonyl (C=O) groups excluding carboxylic acids is 1. The molecule has 0 unspecified atom stereocenters. The van der Waals surface area contributed by atoms with Gasteiger partial charge in [-0.05, 0) is 64.2 Å². The van der Waals surface area contributed by atoms with Crippen molar-refractivity contribution in [2.75, 3.05) is 26.2 Å². The van der Waals surface area contributed by atoms with Gasteiger partial charge in [0.15, 0.2) is 5.82 Å². The number of carbonyl (C=O) groups is 1. The molecule has 4 aliphatic carbocycles. The fourth-order valence-electron chi connectivity index (χ4n) is 7.75. The zero-order valence-electron chi connectivity index (χ0n) is 21.8. The summed E-state index contributed by atoms with van der Waals surface area (Å²) in [5.41, 5.74) is 0.339. The molecule has 0 radical (unpaired) electrons. The van der Waals surface area contributed by atoms with Crippen LogP contribution in [0.4, 0.5) is 13.6 Å². The van der Waals surface area contributed by atoms with E-state index >= 15 is 0 Å². The summed E-state index contributed by atoms with van der Waals surface area (Å²) < 4.78 is 55.2. The third-order valence-corrected chi connectivity index (χ3v) is 12.3. The van der Waals surface area contributed by atoms with E-state index < -0.39 is 21.2 Å². The Kier molecular flexibility index (Phi) is 5.69. The molecule has 210 valence electrons. The Morgan fingerprint density at radius 2 is 1.47 bits per heavy atom. The van der Waals surface area contributed by atoms with Crippen LogP contribution in [0.3, 0.4) is 0 Å². The highest BCUT2D eigenvalue weighted by Crippen LogP contribution is 2.56. The fraction of sp³-hybridized carbons (Fsp3) is 0.885. The SMILES string of the molecule is O=C(N1CC2(CCC(NS(=O)(=O)C3CCC(F)(F)CC3)CC2)C1)N1CC2(CC(c3n[nH]c(C4CC4)n3)C2)C1. The number of aromatic nitrogens is 3. The average molecular weight is 553 g/mol. The molecule has 38 heavy (non-hydrogen) atoms. The predicted octanol–water partition coefficient (Wildman–Crippen LogP) is 3.72. The molecule has 7 rings (SSSR count). The van der Waals surface area contributed by atoms with Gasteiger partial charge in [0.2, 0.25) is 15.9 Å². The van der Waals surface area contributed by atoms with E-state index in [4.69, 9.17) is 4.98 Å². The number of urea groups is 1. The Labute approximate surface area is 222 Å². The summed E-state index contributed by atoms with van der Waals surface area (Å²) in [5.74, 6) is 0.257. The maximum atomic E-state index is 13.4. The summed E-state index contributed by atoms with van der Waals surface area (Å²) in [7, 11) is -3.58. The van der Waals surface area contributed by atoms with E-state index in [1.165, 1.54) is 12.8 Å². The van der Waals surface area contributed by atoms with Crippen LogP contribution in [0.1, 0.15) is 101 Å². The first-order valence-corrected chi connectivity index (χ1v) is 15.9. The zero-order valence-corrected chi connectivity index (χ0v) is 22.6. The monoisotopic (exact) mass is 552 g/mol. The summed E-state index contributed by atoms with van der Waals surface area (Å²) >= 11 is 0. The van der Waals surface area contributed by atoms with E-state index in [1.807, 2.05) is 9.80 Å². The lowest BCUT2D eigenvalue weighted by Gasteiger charge is -2.61. The molecule has 2 N–H and O–H groups in total. The molecule has 2 aliphatic heterocycles. The van der Waals surface area contributed by atoms with Gasteiger partial charge in [-0.1, -0.05) is 0 Å². The topological polar surface area (TPSA) is 111 Å². The smallest absolute Gasteiger partial charge is 0.320 e. The van der Waals surface area contributed by atoms with Crippen molar-refractivity contribution in [2.24, 2.45) is 10.8 Å². The summed E-state index contributed by atoms with van der Waals surface area (Å²) in [6, 6.07) is -0.000447. The quantitative estimate of drug-likeness (QED) is 0.579. The minimum absolute atomic E-state index is 0.0236. The zero-order chi connectivity index (χ0) is 26.3. The highest BCUT2D eigenvalue weighted by Gasteiger charge is 2.57. The Morgan fingerprint density at radius 3 is 2.08 bits per heavy atom. The number of nitrogens with zero attached hydrogens (tertiary/aromatic N) is 4. The Balaban J connectivity index is 0.832. The first kappa shape index (κ1) is 25.2. The van der Waals surface area contributed by atoms with Crippen LogP contribution in [0.5, 0.6) is 0 Å². The van der Waals surface area contributed by atoms with Crippen molar-refractivity contribution < 1.29 is 22.0 Å². The Bertz CT molecular complexity index is 1180. The lowest BCUT2D eigenvalue weighted by Crippen LogP contribution is -2.69. The number of hydrogen-bond donors (Lipinski definition) is 2. The molecule has 2 amide bonds. The van der Waals surface area contributed by atoms with E-state index in [0.29, 0.717) is 11.8 Å². The molecule has 2 saturated heterocycles. The molecule has 6 aliphatic rings. The first-order valence-electron chi connectivity index (χ1n) is 14.4. The van der Waals surface area contributed by atoms with E-state index in [0.717, 1.165) is 76.4 Å². The van der Waals surface area contributed by atoms with E-state index in [2.05, 4.69) is 14.9 Å². The van der Waals surface area contributed by atoms with Crippen LogP contribution in [0.25, 0.3) is 0 Å². The number of sulfonamides is 1. The largest absolute Gasteiger partial charge is 0.323 e. The summed E-state index contributed by atoms with van der Waals surface area (Å²) in [6.45, 7) is 3.14. The number of nitrogens with one attached hydrogen (secondary N) is 2. The average Bonchev–Trinajstić information content (AvgIpc) is 3.53. The van der Waals surface area contributed by atoms with E-state index in [-0.39, 0.29) is 48.6 Å². The van der Waals surface area contributed by atoms with Crippen molar-refractivity contribution in [3.8, 4) is 0 Å². The second-order valence-electron chi connectivity index (χ2n) is 13.4. The van der Waals surface area contributed by atoms with Crippen LogP contribution >= 0.6 is 0 Å². The number of alkyl halides is 2. The van der Waals surface area contributed by atoms with Crippen LogP contribution in [-0.2, 0) is 10.0 Å². The first-order chi connectivity index (χ1) is 18.0. The third kappa shape index (κ3) is 4.53. The molecule has 12 heteroatoms. The van der Waals surface area contributed by atoms with Gasteiger partial charge < -0.3 is 9.80 Å². The number of hydrogen-bond acceptors (Lipinski definition) is 5. The minimum Gasteiger partial charge on any atom is -0.323 e. The van der Waals surface area contributed by atoms with Crippen LogP contribution in [0.15, 0.2) is 0 Å². The number of halogens is 2. The molecule has 4 saturated carbocycles. The molecule has 9 nitrogen and oxygen atoms in total. The third-order valence-electron chi connectivity index (χ3n) is 10.3. The summed E-state index contributed by atoms with van der Waals surface area (Å²) in [6.07, 6.45) is 7.14. The molecular formula is C26H38F2N6O3S. The molecular weight excluding hydrogens is 514 g/mol. The molecule has 0 bridgehead atoms. The number of amides is 2. The van der Waals surface area contributed by atoms with Gasteiger partial charge in [0.25, 0.3) is 0 Å². The predicted molar refractivity (Wildman–Crippen MR) is 135 cm³/mol. The van der Waals surface area contributed by atoms with Crippen LogP contribution in [0.2, 0.25) is 0 Å². The second-order valence-corrected chi connectivity index (χ2v) is 15.4. The molecule has 0 aromatic carbocycles. The summed E-state index contributed by atoms with van der Waals surface area (Å²) in [5, 5.41) is 6.83. The molecule has 3 heterocycles. The van der Waals surface area contributed by atoms with Gasteiger partial charge >= 0.3 is 6.03 Å². The van der Waals surface area contributed by atoms with Crippen molar-refractivity contribution in [2.45, 2.75) is 106 Å². The normalized spacial score (nSPS) is 29.2.